The predicted octanol–water partition coefficient (Wildman–Crippen LogP) is 2.11. The van der Waals surface area contributed by atoms with E-state index in [1.807, 2.05) is 6.92 Å². The summed E-state index contributed by atoms with van der Waals surface area (Å²) in [7, 11) is 0. The highest BCUT2D eigenvalue weighted by atomic mass is 79.9. The highest BCUT2D eigenvalue weighted by Crippen LogP contribution is 2.15. The van der Waals surface area contributed by atoms with E-state index in [2.05, 4.69) is 21.2 Å². The van der Waals surface area contributed by atoms with Crippen LogP contribution in [0.15, 0.2) is 16.7 Å². The number of hydrogen-bond acceptors (Lipinski definition) is 2. The molecule has 5 nitrogen and oxygen atoms in total. The summed E-state index contributed by atoms with van der Waals surface area (Å²) in [6.07, 6.45) is 1.79. The summed E-state index contributed by atoms with van der Waals surface area (Å²) in [6, 6.07) is 0.800. The second kappa shape index (κ2) is 6.04. The number of carbonyl (C=O) groups is 2. The summed E-state index contributed by atoms with van der Waals surface area (Å²) in [5, 5.41) is 11.6. The van der Waals surface area contributed by atoms with Crippen LogP contribution >= 0.6 is 15.9 Å². The van der Waals surface area contributed by atoms with Crippen LogP contribution in [0.2, 0.25) is 0 Å². The van der Waals surface area contributed by atoms with Gasteiger partial charge in [-0.3, -0.25) is 4.79 Å². The second-order valence-corrected chi connectivity index (χ2v) is 5.28. The van der Waals surface area contributed by atoms with Crippen molar-refractivity contribution in [3.63, 3.8) is 0 Å². The first-order chi connectivity index (χ1) is 8.36. The van der Waals surface area contributed by atoms with Crippen LogP contribution in [0.1, 0.15) is 31.3 Å². The Morgan fingerprint density at radius 2 is 2.11 bits per heavy atom. The lowest BCUT2D eigenvalue weighted by molar-refractivity contribution is -0.140. The number of amides is 1. The van der Waals surface area contributed by atoms with Gasteiger partial charge in [0.1, 0.15) is 11.7 Å². The van der Waals surface area contributed by atoms with Gasteiger partial charge in [-0.1, -0.05) is 13.8 Å². The maximum Gasteiger partial charge on any atom is 0.326 e. The van der Waals surface area contributed by atoms with Gasteiger partial charge in [0.2, 0.25) is 0 Å². The first kappa shape index (κ1) is 14.8. The van der Waals surface area contributed by atoms with Gasteiger partial charge < -0.3 is 15.0 Å². The molecule has 0 radical (unpaired) electrons. The molecule has 0 saturated heterocycles. The molecule has 1 aromatic rings. The van der Waals surface area contributed by atoms with Crippen LogP contribution in [-0.4, -0.2) is 27.6 Å². The SMILES string of the molecule is CCn1cc(Br)cc1C(=O)NC(C(=O)O)C(C)C. The number of carbonyl (C=O) groups excluding carboxylic acids is 1. The van der Waals surface area contributed by atoms with Crippen molar-refractivity contribution in [1.82, 2.24) is 9.88 Å². The van der Waals surface area contributed by atoms with E-state index in [9.17, 15) is 9.59 Å². The van der Waals surface area contributed by atoms with Crippen LogP contribution in [0.3, 0.4) is 0 Å². The van der Waals surface area contributed by atoms with Gasteiger partial charge in [-0.05, 0) is 34.8 Å². The number of nitrogens with one attached hydrogen (secondary N) is 1. The molecule has 18 heavy (non-hydrogen) atoms. The number of aromatic nitrogens is 1. The third kappa shape index (κ3) is 3.35. The van der Waals surface area contributed by atoms with Gasteiger partial charge in [0.15, 0.2) is 0 Å². The topological polar surface area (TPSA) is 71.3 Å². The monoisotopic (exact) mass is 316 g/mol. The van der Waals surface area contributed by atoms with E-state index < -0.39 is 12.0 Å². The molecule has 1 rings (SSSR count). The Morgan fingerprint density at radius 3 is 2.56 bits per heavy atom. The predicted molar refractivity (Wildman–Crippen MR) is 71.5 cm³/mol. The lowest BCUT2D eigenvalue weighted by atomic mass is 10.0. The Kier molecular flexibility index (Phi) is 4.95. The molecule has 1 atom stereocenters. The molecular formula is C12H17BrN2O3. The molecule has 6 heteroatoms. The Morgan fingerprint density at radius 1 is 1.50 bits per heavy atom. The van der Waals surface area contributed by atoms with Gasteiger partial charge in [0.05, 0.1) is 0 Å². The van der Waals surface area contributed by atoms with Crippen LogP contribution in [0.5, 0.6) is 0 Å². The average molecular weight is 317 g/mol. The maximum atomic E-state index is 12.0. The number of aliphatic carboxylic acids is 1. The second-order valence-electron chi connectivity index (χ2n) is 4.36. The molecule has 0 saturated carbocycles. The van der Waals surface area contributed by atoms with Crippen molar-refractivity contribution in [3.05, 3.63) is 22.4 Å². The number of rotatable bonds is 5. The third-order valence-electron chi connectivity index (χ3n) is 2.66. The summed E-state index contributed by atoms with van der Waals surface area (Å²) in [5.41, 5.74) is 0.455. The van der Waals surface area contributed by atoms with E-state index in [0.29, 0.717) is 12.2 Å². The zero-order valence-corrected chi connectivity index (χ0v) is 12.2. The lowest BCUT2D eigenvalue weighted by Crippen LogP contribution is -2.44. The third-order valence-corrected chi connectivity index (χ3v) is 3.09. The number of hydrogen-bond donors (Lipinski definition) is 2. The first-order valence-corrected chi connectivity index (χ1v) is 6.55. The average Bonchev–Trinajstić information content (AvgIpc) is 2.66. The number of nitrogens with zero attached hydrogens (tertiary/aromatic N) is 1. The van der Waals surface area contributed by atoms with Crippen LogP contribution in [-0.2, 0) is 11.3 Å². The highest BCUT2D eigenvalue weighted by molar-refractivity contribution is 9.10. The van der Waals surface area contributed by atoms with Crippen LogP contribution in [0.4, 0.5) is 0 Å². The standard InChI is InChI=1S/C12H17BrN2O3/c1-4-15-6-8(13)5-9(15)11(16)14-10(7(2)3)12(17)18/h5-7,10H,4H2,1-3H3,(H,14,16)(H,17,18). The minimum absolute atomic E-state index is 0.167. The molecular weight excluding hydrogens is 300 g/mol. The molecule has 1 aromatic heterocycles. The van der Waals surface area contributed by atoms with Gasteiger partial charge in [-0.25, -0.2) is 4.79 Å². The lowest BCUT2D eigenvalue weighted by Gasteiger charge is -2.18. The smallest absolute Gasteiger partial charge is 0.326 e. The summed E-state index contributed by atoms with van der Waals surface area (Å²) < 4.78 is 2.56. The Labute approximate surface area is 114 Å². The zero-order chi connectivity index (χ0) is 13.9. The van der Waals surface area contributed by atoms with Gasteiger partial charge in [0, 0.05) is 17.2 Å². The Bertz CT molecular complexity index is 454. The minimum atomic E-state index is -1.02. The summed E-state index contributed by atoms with van der Waals surface area (Å²) in [6.45, 7) is 6.08. The Hall–Kier alpha value is -1.30. The number of halogens is 1. The van der Waals surface area contributed by atoms with E-state index in [1.165, 1.54) is 0 Å². The van der Waals surface area contributed by atoms with Crippen molar-refractivity contribution >= 4 is 27.8 Å². The quantitative estimate of drug-likeness (QED) is 0.874. The molecule has 0 aliphatic rings. The maximum absolute atomic E-state index is 12.0. The van der Waals surface area contributed by atoms with Crippen LogP contribution < -0.4 is 5.32 Å². The van der Waals surface area contributed by atoms with Crippen LogP contribution in [0, 0.1) is 5.92 Å². The van der Waals surface area contributed by atoms with E-state index >= 15 is 0 Å². The highest BCUT2D eigenvalue weighted by Gasteiger charge is 2.25. The fourth-order valence-electron chi connectivity index (χ4n) is 1.66. The molecule has 0 bridgehead atoms. The summed E-state index contributed by atoms with van der Waals surface area (Å²) >= 11 is 3.30. The minimum Gasteiger partial charge on any atom is -0.480 e. The van der Waals surface area contributed by atoms with Crippen molar-refractivity contribution in [2.45, 2.75) is 33.4 Å². The number of carboxylic acids is 1. The molecule has 1 amide bonds. The van der Waals surface area contributed by atoms with Crippen LogP contribution in [0.25, 0.3) is 0 Å². The fraction of sp³-hybridized carbons (Fsp3) is 0.500. The molecule has 1 heterocycles. The zero-order valence-electron chi connectivity index (χ0n) is 10.6. The van der Waals surface area contributed by atoms with E-state index in [0.717, 1.165) is 4.47 Å². The largest absolute Gasteiger partial charge is 0.480 e. The van der Waals surface area contributed by atoms with Gasteiger partial charge >= 0.3 is 5.97 Å². The van der Waals surface area contributed by atoms with Crippen molar-refractivity contribution in [1.29, 1.82) is 0 Å². The van der Waals surface area contributed by atoms with Gasteiger partial charge in [-0.2, -0.15) is 0 Å². The summed E-state index contributed by atoms with van der Waals surface area (Å²) in [4.78, 5) is 23.1. The van der Waals surface area contributed by atoms with E-state index in [1.54, 1.807) is 30.7 Å². The van der Waals surface area contributed by atoms with E-state index in [4.69, 9.17) is 5.11 Å². The normalized spacial score (nSPS) is 12.5. The molecule has 100 valence electrons. The Balaban J connectivity index is 2.90. The van der Waals surface area contributed by atoms with Gasteiger partial charge in [-0.15, -0.1) is 0 Å². The molecule has 0 aliphatic carbocycles. The molecule has 0 aromatic carbocycles. The first-order valence-electron chi connectivity index (χ1n) is 5.76. The van der Waals surface area contributed by atoms with Crippen molar-refractivity contribution in [3.8, 4) is 0 Å². The fourth-order valence-corrected chi connectivity index (χ4v) is 2.12. The molecule has 2 N–H and O–H groups in total. The number of carboxylic acid groups (broad SMARTS) is 1. The molecule has 0 spiro atoms. The van der Waals surface area contributed by atoms with Crippen molar-refractivity contribution in [2.24, 2.45) is 5.92 Å². The van der Waals surface area contributed by atoms with Gasteiger partial charge in [0.25, 0.3) is 5.91 Å². The van der Waals surface area contributed by atoms with Crippen molar-refractivity contribution in [2.75, 3.05) is 0 Å². The van der Waals surface area contributed by atoms with E-state index in [-0.39, 0.29) is 11.8 Å². The molecule has 0 fully saturated rings. The summed E-state index contributed by atoms with van der Waals surface area (Å²) in [5.74, 6) is -1.56. The number of aryl methyl sites for hydroxylation is 1. The van der Waals surface area contributed by atoms with Crippen molar-refractivity contribution < 1.29 is 14.7 Å². The molecule has 1 unspecified atom stereocenters. The molecule has 0 aliphatic heterocycles.